The first-order chi connectivity index (χ1) is 14.5. The zero-order valence-electron chi connectivity index (χ0n) is 16.1. The Labute approximate surface area is 172 Å². The molecule has 0 unspecified atom stereocenters. The van der Waals surface area contributed by atoms with Gasteiger partial charge in [0.1, 0.15) is 5.75 Å². The second-order valence-corrected chi connectivity index (χ2v) is 6.32. The van der Waals surface area contributed by atoms with Crippen molar-refractivity contribution >= 4 is 17.5 Å². The van der Waals surface area contributed by atoms with Crippen LogP contribution in [0, 0.1) is 10.1 Å². The zero-order valence-corrected chi connectivity index (χ0v) is 16.1. The van der Waals surface area contributed by atoms with Crippen molar-refractivity contribution in [1.29, 1.82) is 0 Å². The smallest absolute Gasteiger partial charge is 0.312 e. The fraction of sp³-hybridized carbons (Fsp3) is 0.0909. The zero-order chi connectivity index (χ0) is 21.5. The number of ether oxygens (including phenoxy) is 1. The van der Waals surface area contributed by atoms with Gasteiger partial charge in [0.15, 0.2) is 0 Å². The molecule has 0 aromatic heterocycles. The molecule has 152 valence electrons. The summed E-state index contributed by atoms with van der Waals surface area (Å²) in [6, 6.07) is 19.7. The van der Waals surface area contributed by atoms with Crippen molar-refractivity contribution in [2.24, 2.45) is 0 Å². The molecule has 3 rings (SSSR count). The van der Waals surface area contributed by atoms with E-state index in [0.717, 1.165) is 11.6 Å². The summed E-state index contributed by atoms with van der Waals surface area (Å²) in [7, 11) is 1.44. The molecule has 0 heterocycles. The fourth-order valence-electron chi connectivity index (χ4n) is 2.74. The molecular formula is C22H19N3O5. The van der Waals surface area contributed by atoms with Crippen LogP contribution in [0.4, 0.5) is 5.69 Å². The van der Waals surface area contributed by atoms with E-state index in [2.05, 4.69) is 10.6 Å². The number of rotatable bonds is 7. The third-order valence-corrected chi connectivity index (χ3v) is 4.26. The maximum atomic E-state index is 12.4. The average Bonchev–Trinajstić information content (AvgIpc) is 2.78. The SMILES string of the molecule is CNC(=O)c1ccc(Oc2cccc(C(=O)NCc3ccccc3)c2)c([N+](=O)[O-])c1. The second-order valence-electron chi connectivity index (χ2n) is 6.32. The van der Waals surface area contributed by atoms with Gasteiger partial charge in [0.05, 0.1) is 4.92 Å². The number of benzene rings is 3. The summed E-state index contributed by atoms with van der Waals surface area (Å²) in [6.07, 6.45) is 0. The van der Waals surface area contributed by atoms with Gasteiger partial charge in [-0.25, -0.2) is 0 Å². The Morgan fingerprint density at radius 2 is 1.67 bits per heavy atom. The number of amides is 2. The molecule has 3 aromatic rings. The molecule has 0 atom stereocenters. The van der Waals surface area contributed by atoms with Crippen LogP contribution in [0.2, 0.25) is 0 Å². The molecule has 3 aromatic carbocycles. The van der Waals surface area contributed by atoms with E-state index in [1.807, 2.05) is 30.3 Å². The average molecular weight is 405 g/mol. The van der Waals surface area contributed by atoms with Crippen LogP contribution in [0.3, 0.4) is 0 Å². The van der Waals surface area contributed by atoms with Gasteiger partial charge in [0.25, 0.3) is 11.8 Å². The molecule has 0 radical (unpaired) electrons. The summed E-state index contributed by atoms with van der Waals surface area (Å²) >= 11 is 0. The predicted octanol–water partition coefficient (Wildman–Crippen LogP) is 3.68. The van der Waals surface area contributed by atoms with Crippen LogP contribution < -0.4 is 15.4 Å². The first kappa shape index (κ1) is 20.5. The van der Waals surface area contributed by atoms with E-state index >= 15 is 0 Å². The van der Waals surface area contributed by atoms with Gasteiger partial charge in [-0.15, -0.1) is 0 Å². The third kappa shape index (κ3) is 4.99. The van der Waals surface area contributed by atoms with Crippen LogP contribution in [0.25, 0.3) is 0 Å². The molecule has 8 heteroatoms. The number of nitrogens with one attached hydrogen (secondary N) is 2. The van der Waals surface area contributed by atoms with E-state index in [4.69, 9.17) is 4.74 Å². The topological polar surface area (TPSA) is 111 Å². The highest BCUT2D eigenvalue weighted by molar-refractivity contribution is 5.95. The molecule has 8 nitrogen and oxygen atoms in total. The standard InChI is InChI=1S/C22H19N3O5/c1-23-21(26)17-10-11-20(19(13-17)25(28)29)30-18-9-5-8-16(12-18)22(27)24-14-15-6-3-2-4-7-15/h2-13H,14H2,1H3,(H,23,26)(H,24,27). The molecule has 2 amide bonds. The van der Waals surface area contributed by atoms with Crippen LogP contribution in [0.5, 0.6) is 11.5 Å². The number of nitro groups is 1. The second kappa shape index (κ2) is 9.33. The molecule has 0 bridgehead atoms. The Hall–Kier alpha value is -4.20. The molecule has 0 saturated heterocycles. The van der Waals surface area contributed by atoms with E-state index < -0.39 is 10.8 Å². The normalized spacial score (nSPS) is 10.2. The predicted molar refractivity (Wildman–Crippen MR) is 111 cm³/mol. The summed E-state index contributed by atoms with van der Waals surface area (Å²) in [5, 5.41) is 16.6. The van der Waals surface area contributed by atoms with E-state index in [1.54, 1.807) is 18.2 Å². The maximum Gasteiger partial charge on any atom is 0.312 e. The number of carbonyl (C=O) groups excluding carboxylic acids is 2. The molecule has 0 spiro atoms. The van der Waals surface area contributed by atoms with Gasteiger partial charge in [-0.3, -0.25) is 19.7 Å². The molecule has 30 heavy (non-hydrogen) atoms. The van der Waals surface area contributed by atoms with Crippen molar-refractivity contribution in [1.82, 2.24) is 10.6 Å². The summed E-state index contributed by atoms with van der Waals surface area (Å²) in [6.45, 7) is 0.372. The Bertz CT molecular complexity index is 1080. The van der Waals surface area contributed by atoms with E-state index in [9.17, 15) is 19.7 Å². The van der Waals surface area contributed by atoms with Crippen molar-refractivity contribution in [3.8, 4) is 11.5 Å². The number of nitrogens with zero attached hydrogens (tertiary/aromatic N) is 1. The Balaban J connectivity index is 1.77. The first-order valence-electron chi connectivity index (χ1n) is 9.08. The minimum atomic E-state index is -0.627. The molecule has 0 aliphatic heterocycles. The lowest BCUT2D eigenvalue weighted by Gasteiger charge is -2.10. The van der Waals surface area contributed by atoms with Crippen molar-refractivity contribution in [2.45, 2.75) is 6.54 Å². The highest BCUT2D eigenvalue weighted by Gasteiger charge is 2.19. The lowest BCUT2D eigenvalue weighted by atomic mass is 10.1. The quantitative estimate of drug-likeness (QED) is 0.460. The lowest BCUT2D eigenvalue weighted by molar-refractivity contribution is -0.385. The fourth-order valence-corrected chi connectivity index (χ4v) is 2.74. The van der Waals surface area contributed by atoms with Gasteiger partial charge in [0, 0.05) is 30.8 Å². The van der Waals surface area contributed by atoms with Gasteiger partial charge in [-0.1, -0.05) is 36.4 Å². The molecule has 0 saturated carbocycles. The van der Waals surface area contributed by atoms with Crippen LogP contribution >= 0.6 is 0 Å². The Kier molecular flexibility index (Phi) is 6.39. The van der Waals surface area contributed by atoms with Crippen molar-refractivity contribution in [3.05, 3.63) is 99.6 Å². The maximum absolute atomic E-state index is 12.4. The van der Waals surface area contributed by atoms with Gasteiger partial charge < -0.3 is 15.4 Å². The van der Waals surface area contributed by atoms with Gasteiger partial charge in [-0.2, -0.15) is 0 Å². The van der Waals surface area contributed by atoms with Gasteiger partial charge >= 0.3 is 5.69 Å². The molecular weight excluding hydrogens is 386 g/mol. The monoisotopic (exact) mass is 405 g/mol. The van der Waals surface area contributed by atoms with Crippen LogP contribution in [-0.4, -0.2) is 23.8 Å². The van der Waals surface area contributed by atoms with Crippen LogP contribution in [0.1, 0.15) is 26.3 Å². The van der Waals surface area contributed by atoms with Gasteiger partial charge in [0.2, 0.25) is 5.75 Å². The number of nitro benzene ring substituents is 1. The van der Waals surface area contributed by atoms with Gasteiger partial charge in [-0.05, 0) is 35.9 Å². The van der Waals surface area contributed by atoms with E-state index in [-0.39, 0.29) is 28.7 Å². The molecule has 0 aliphatic carbocycles. The summed E-state index contributed by atoms with van der Waals surface area (Å²) in [5.74, 6) is -0.511. The first-order valence-corrected chi connectivity index (χ1v) is 9.08. The van der Waals surface area contributed by atoms with Crippen molar-refractivity contribution in [2.75, 3.05) is 7.05 Å². The third-order valence-electron chi connectivity index (χ3n) is 4.26. The highest BCUT2D eigenvalue weighted by Crippen LogP contribution is 2.32. The highest BCUT2D eigenvalue weighted by atomic mass is 16.6. The molecule has 0 fully saturated rings. The number of carbonyl (C=O) groups is 2. The lowest BCUT2D eigenvalue weighted by Crippen LogP contribution is -2.22. The summed E-state index contributed by atoms with van der Waals surface area (Å²) in [5.41, 5.74) is 1.11. The van der Waals surface area contributed by atoms with E-state index in [0.29, 0.717) is 12.1 Å². The minimum absolute atomic E-state index is 0.0329. The minimum Gasteiger partial charge on any atom is -0.450 e. The number of hydrogen-bond acceptors (Lipinski definition) is 5. The summed E-state index contributed by atoms with van der Waals surface area (Å²) < 4.78 is 5.64. The van der Waals surface area contributed by atoms with Crippen LogP contribution in [0.15, 0.2) is 72.8 Å². The largest absolute Gasteiger partial charge is 0.450 e. The molecule has 0 aliphatic rings. The summed E-state index contributed by atoms with van der Waals surface area (Å²) in [4.78, 5) is 34.9. The number of hydrogen-bond donors (Lipinski definition) is 2. The Morgan fingerprint density at radius 3 is 2.37 bits per heavy atom. The Morgan fingerprint density at radius 1 is 0.933 bits per heavy atom. The van der Waals surface area contributed by atoms with Crippen molar-refractivity contribution in [3.63, 3.8) is 0 Å². The van der Waals surface area contributed by atoms with Crippen LogP contribution in [-0.2, 0) is 6.54 Å². The van der Waals surface area contributed by atoms with E-state index in [1.165, 1.54) is 25.2 Å². The van der Waals surface area contributed by atoms with Crippen molar-refractivity contribution < 1.29 is 19.2 Å². The molecule has 2 N–H and O–H groups in total.